The highest BCUT2D eigenvalue weighted by molar-refractivity contribution is 5.76. The van der Waals surface area contributed by atoms with Crippen LogP contribution in [0.1, 0.15) is 26.7 Å². The molecule has 0 spiro atoms. The normalized spacial score (nSPS) is 15.2. The van der Waals surface area contributed by atoms with Crippen molar-refractivity contribution in [1.29, 1.82) is 0 Å². The highest BCUT2D eigenvalue weighted by Gasteiger charge is 2.33. The Hall–Kier alpha value is -0.820. The molecule has 0 radical (unpaired) electrons. The van der Waals surface area contributed by atoms with E-state index in [0.717, 1.165) is 0 Å². The smallest absolute Gasteiger partial charge is 0.411 e. The Morgan fingerprint density at radius 3 is 2.39 bits per heavy atom. The Balaban J connectivity index is 3.97. The number of hydrogen-bond donors (Lipinski definition) is 1. The van der Waals surface area contributed by atoms with Crippen molar-refractivity contribution in [2.45, 2.75) is 32.9 Å². The standard InChI is InChI=1S/C11H20F3NO3/c1-3-18-9(16)10(2,7-15)5-4-6-17-8-11(12,13)14/h3-8,15H2,1-2H3. The van der Waals surface area contributed by atoms with Crippen molar-refractivity contribution in [2.24, 2.45) is 11.1 Å². The van der Waals surface area contributed by atoms with Crippen LogP contribution in [0.15, 0.2) is 0 Å². The lowest BCUT2D eigenvalue weighted by Gasteiger charge is -2.25. The van der Waals surface area contributed by atoms with E-state index in [4.69, 9.17) is 10.5 Å². The molecule has 0 heterocycles. The Morgan fingerprint density at radius 1 is 1.33 bits per heavy atom. The molecule has 0 amide bonds. The molecule has 0 aliphatic rings. The summed E-state index contributed by atoms with van der Waals surface area (Å²) in [7, 11) is 0. The number of ether oxygens (including phenoxy) is 2. The molecule has 1 atom stereocenters. The van der Waals surface area contributed by atoms with E-state index in [2.05, 4.69) is 4.74 Å². The molecule has 0 saturated carbocycles. The summed E-state index contributed by atoms with van der Waals surface area (Å²) < 4.78 is 44.7. The summed E-state index contributed by atoms with van der Waals surface area (Å²) in [6.45, 7) is 2.32. The van der Waals surface area contributed by atoms with Crippen LogP contribution in [-0.4, -0.2) is 38.5 Å². The lowest BCUT2D eigenvalue weighted by Crippen LogP contribution is -2.37. The summed E-state index contributed by atoms with van der Waals surface area (Å²) in [6, 6.07) is 0. The van der Waals surface area contributed by atoms with Gasteiger partial charge in [0, 0.05) is 13.2 Å². The molecule has 0 fully saturated rings. The van der Waals surface area contributed by atoms with Crippen LogP contribution in [-0.2, 0) is 14.3 Å². The van der Waals surface area contributed by atoms with Gasteiger partial charge >= 0.3 is 12.1 Å². The van der Waals surface area contributed by atoms with Crippen molar-refractivity contribution in [2.75, 3.05) is 26.4 Å². The average Bonchev–Trinajstić information content (AvgIpc) is 2.27. The van der Waals surface area contributed by atoms with Crippen molar-refractivity contribution in [1.82, 2.24) is 0 Å². The van der Waals surface area contributed by atoms with E-state index in [9.17, 15) is 18.0 Å². The molecule has 0 aromatic carbocycles. The van der Waals surface area contributed by atoms with Gasteiger partial charge in [-0.15, -0.1) is 0 Å². The molecule has 4 nitrogen and oxygen atoms in total. The van der Waals surface area contributed by atoms with E-state index in [1.165, 1.54) is 0 Å². The molecule has 0 aliphatic carbocycles. The Labute approximate surface area is 105 Å². The summed E-state index contributed by atoms with van der Waals surface area (Å²) >= 11 is 0. The van der Waals surface area contributed by atoms with E-state index < -0.39 is 24.2 Å². The zero-order chi connectivity index (χ0) is 14.2. The van der Waals surface area contributed by atoms with Gasteiger partial charge in [-0.1, -0.05) is 0 Å². The number of carbonyl (C=O) groups excluding carboxylic acids is 1. The summed E-state index contributed by atoms with van der Waals surface area (Å²) in [6.07, 6.45) is -3.67. The molecule has 0 aromatic rings. The first-order chi connectivity index (χ1) is 8.25. The zero-order valence-corrected chi connectivity index (χ0v) is 10.7. The summed E-state index contributed by atoms with van der Waals surface area (Å²) in [5, 5.41) is 0. The van der Waals surface area contributed by atoms with Crippen LogP contribution in [0.5, 0.6) is 0 Å². The third-order valence-electron chi connectivity index (χ3n) is 2.50. The molecule has 0 rings (SSSR count). The third kappa shape index (κ3) is 6.80. The van der Waals surface area contributed by atoms with E-state index in [1.54, 1.807) is 13.8 Å². The van der Waals surface area contributed by atoms with Gasteiger partial charge in [0.15, 0.2) is 0 Å². The van der Waals surface area contributed by atoms with Gasteiger partial charge in [0.2, 0.25) is 0 Å². The minimum absolute atomic E-state index is 0.0610. The fourth-order valence-electron chi connectivity index (χ4n) is 1.35. The van der Waals surface area contributed by atoms with Gasteiger partial charge in [-0.2, -0.15) is 13.2 Å². The van der Waals surface area contributed by atoms with Crippen molar-refractivity contribution in [3.8, 4) is 0 Å². The Kier molecular flexibility index (Phi) is 7.23. The van der Waals surface area contributed by atoms with Crippen LogP contribution >= 0.6 is 0 Å². The number of alkyl halides is 3. The van der Waals surface area contributed by atoms with Crippen LogP contribution in [0.4, 0.5) is 13.2 Å². The zero-order valence-electron chi connectivity index (χ0n) is 10.7. The van der Waals surface area contributed by atoms with Crippen LogP contribution in [0, 0.1) is 5.41 Å². The number of esters is 1. The number of nitrogens with two attached hydrogens (primary N) is 1. The number of rotatable bonds is 8. The predicted molar refractivity (Wildman–Crippen MR) is 59.9 cm³/mol. The SMILES string of the molecule is CCOC(=O)C(C)(CN)CCCOCC(F)(F)F. The third-order valence-corrected chi connectivity index (χ3v) is 2.50. The topological polar surface area (TPSA) is 61.5 Å². The monoisotopic (exact) mass is 271 g/mol. The molecular weight excluding hydrogens is 251 g/mol. The van der Waals surface area contributed by atoms with Crippen LogP contribution < -0.4 is 5.73 Å². The molecule has 2 N–H and O–H groups in total. The van der Waals surface area contributed by atoms with Gasteiger partial charge in [0.25, 0.3) is 0 Å². The Morgan fingerprint density at radius 2 is 1.94 bits per heavy atom. The highest BCUT2D eigenvalue weighted by atomic mass is 19.4. The highest BCUT2D eigenvalue weighted by Crippen LogP contribution is 2.24. The number of hydrogen-bond acceptors (Lipinski definition) is 4. The quantitative estimate of drug-likeness (QED) is 0.541. The van der Waals surface area contributed by atoms with Gasteiger partial charge in [-0.25, -0.2) is 0 Å². The van der Waals surface area contributed by atoms with Crippen LogP contribution in [0.2, 0.25) is 0 Å². The maximum atomic E-state index is 11.8. The van der Waals surface area contributed by atoms with Gasteiger partial charge in [-0.3, -0.25) is 4.79 Å². The molecule has 108 valence electrons. The van der Waals surface area contributed by atoms with Crippen LogP contribution in [0.25, 0.3) is 0 Å². The Bertz CT molecular complexity index is 258. The van der Waals surface area contributed by atoms with E-state index in [-0.39, 0.29) is 19.8 Å². The molecule has 18 heavy (non-hydrogen) atoms. The fourth-order valence-corrected chi connectivity index (χ4v) is 1.35. The number of halogens is 3. The maximum absolute atomic E-state index is 11.8. The largest absolute Gasteiger partial charge is 0.466 e. The average molecular weight is 271 g/mol. The van der Waals surface area contributed by atoms with Crippen LogP contribution in [0.3, 0.4) is 0 Å². The summed E-state index contributed by atoms with van der Waals surface area (Å²) in [5.41, 5.74) is 4.64. The molecule has 7 heteroatoms. The second kappa shape index (κ2) is 7.58. The first kappa shape index (κ1) is 17.2. The molecular formula is C11H20F3NO3. The maximum Gasteiger partial charge on any atom is 0.411 e. The van der Waals surface area contributed by atoms with E-state index in [0.29, 0.717) is 12.8 Å². The minimum Gasteiger partial charge on any atom is -0.466 e. The molecule has 0 bridgehead atoms. The van der Waals surface area contributed by atoms with E-state index in [1.807, 2.05) is 0 Å². The van der Waals surface area contributed by atoms with Gasteiger partial charge in [0.1, 0.15) is 6.61 Å². The van der Waals surface area contributed by atoms with Gasteiger partial charge in [-0.05, 0) is 26.7 Å². The lowest BCUT2D eigenvalue weighted by atomic mass is 9.86. The number of carbonyl (C=O) groups is 1. The molecule has 0 saturated heterocycles. The molecule has 1 unspecified atom stereocenters. The summed E-state index contributed by atoms with van der Waals surface area (Å²) in [4.78, 5) is 11.6. The minimum atomic E-state index is -4.32. The van der Waals surface area contributed by atoms with E-state index >= 15 is 0 Å². The second-order valence-electron chi connectivity index (χ2n) is 4.26. The van der Waals surface area contributed by atoms with Crippen molar-refractivity contribution < 1.29 is 27.4 Å². The fraction of sp³-hybridized carbons (Fsp3) is 0.909. The van der Waals surface area contributed by atoms with Crippen molar-refractivity contribution >= 4 is 5.97 Å². The van der Waals surface area contributed by atoms with Gasteiger partial charge in [0.05, 0.1) is 12.0 Å². The molecule has 0 aliphatic heterocycles. The lowest BCUT2D eigenvalue weighted by molar-refractivity contribution is -0.174. The second-order valence-corrected chi connectivity index (χ2v) is 4.26. The first-order valence-electron chi connectivity index (χ1n) is 5.77. The predicted octanol–water partition coefficient (Wildman–Crippen LogP) is 1.87. The molecule has 0 aromatic heterocycles. The van der Waals surface area contributed by atoms with Crippen molar-refractivity contribution in [3.63, 3.8) is 0 Å². The first-order valence-corrected chi connectivity index (χ1v) is 5.77. The van der Waals surface area contributed by atoms with Gasteiger partial charge < -0.3 is 15.2 Å². The summed E-state index contributed by atoms with van der Waals surface area (Å²) in [5.74, 6) is -0.427. The van der Waals surface area contributed by atoms with Crippen molar-refractivity contribution in [3.05, 3.63) is 0 Å².